The lowest BCUT2D eigenvalue weighted by molar-refractivity contribution is -0.130. The quantitative estimate of drug-likeness (QED) is 0.505. The predicted molar refractivity (Wildman–Crippen MR) is 117 cm³/mol. The second kappa shape index (κ2) is 8.61. The smallest absolute Gasteiger partial charge is 0.336 e. The van der Waals surface area contributed by atoms with Crippen LogP contribution in [0.5, 0.6) is 0 Å². The summed E-state index contributed by atoms with van der Waals surface area (Å²) in [5.74, 6) is -2.74. The highest BCUT2D eigenvalue weighted by Crippen LogP contribution is 2.38. The number of hydrogen-bond donors (Lipinski definition) is 1. The maximum absolute atomic E-state index is 14.1. The highest BCUT2D eigenvalue weighted by Gasteiger charge is 2.34. The topological polar surface area (TPSA) is 40.5 Å². The highest BCUT2D eigenvalue weighted by atomic mass is 35.5. The summed E-state index contributed by atoms with van der Waals surface area (Å²) < 4.78 is 27.9. The average Bonchev–Trinajstić information content (AvgIpc) is 2.71. The van der Waals surface area contributed by atoms with Crippen molar-refractivity contribution in [2.75, 3.05) is 13.1 Å². The van der Waals surface area contributed by atoms with E-state index in [1.807, 2.05) is 54.6 Å². The largest absolute Gasteiger partial charge is 0.478 e. The van der Waals surface area contributed by atoms with Crippen LogP contribution >= 0.6 is 11.6 Å². The summed E-state index contributed by atoms with van der Waals surface area (Å²) in [6.07, 6.45) is 0. The van der Waals surface area contributed by atoms with Crippen LogP contribution in [0.15, 0.2) is 72.3 Å². The van der Waals surface area contributed by atoms with E-state index in [1.165, 1.54) is 6.92 Å². The first-order valence-electron chi connectivity index (χ1n) is 9.81. The van der Waals surface area contributed by atoms with E-state index >= 15 is 0 Å². The van der Waals surface area contributed by atoms with Gasteiger partial charge in [-0.3, -0.25) is 4.90 Å². The zero-order valence-electron chi connectivity index (χ0n) is 16.8. The number of benzene rings is 3. The lowest BCUT2D eigenvalue weighted by Gasteiger charge is -2.42. The van der Waals surface area contributed by atoms with Crippen molar-refractivity contribution in [1.29, 1.82) is 0 Å². The van der Waals surface area contributed by atoms with Gasteiger partial charge in [-0.15, -0.1) is 0 Å². The highest BCUT2D eigenvalue weighted by molar-refractivity contribution is 6.30. The first kappa shape index (κ1) is 21.2. The van der Waals surface area contributed by atoms with E-state index in [4.69, 9.17) is 11.6 Å². The maximum atomic E-state index is 14.1. The summed E-state index contributed by atoms with van der Waals surface area (Å²) in [6.45, 7) is 2.22. The third kappa shape index (κ3) is 4.24. The Morgan fingerprint density at radius 2 is 1.61 bits per heavy atom. The molecule has 1 unspecified atom stereocenters. The molecule has 1 saturated heterocycles. The Bertz CT molecular complexity index is 1150. The van der Waals surface area contributed by atoms with E-state index in [2.05, 4.69) is 4.90 Å². The summed E-state index contributed by atoms with van der Waals surface area (Å²) in [7, 11) is 0. The molecule has 158 valence electrons. The number of nitrogens with zero attached hydrogens (tertiary/aromatic N) is 1. The number of carboxylic acid groups (broad SMARTS) is 1. The lowest BCUT2D eigenvalue weighted by atomic mass is 9.88. The van der Waals surface area contributed by atoms with Crippen molar-refractivity contribution < 1.29 is 18.7 Å². The van der Waals surface area contributed by atoms with Gasteiger partial charge in [-0.2, -0.15) is 0 Å². The minimum Gasteiger partial charge on any atom is -0.478 e. The standard InChI is InChI=1S/C25H20ClF2NO2/c1-15-21(11-20(27)12-22(15)28)23(25(30)31)18-13-29(14-18)24(16-5-3-2-4-6-16)17-7-9-19(26)10-8-17/h2-12,24H,13-14H2,1H3,(H,30,31). The molecule has 0 aromatic heterocycles. The van der Waals surface area contributed by atoms with Gasteiger partial charge in [-0.05, 0) is 52.9 Å². The fourth-order valence-corrected chi connectivity index (χ4v) is 4.17. The van der Waals surface area contributed by atoms with E-state index in [9.17, 15) is 18.7 Å². The molecular formula is C25H20ClF2NO2. The van der Waals surface area contributed by atoms with E-state index in [0.717, 1.165) is 23.3 Å². The summed E-state index contributed by atoms with van der Waals surface area (Å²) in [4.78, 5) is 14.2. The third-order valence-electron chi connectivity index (χ3n) is 5.60. The zero-order chi connectivity index (χ0) is 22.1. The first-order valence-corrected chi connectivity index (χ1v) is 10.2. The first-order chi connectivity index (χ1) is 14.8. The van der Waals surface area contributed by atoms with Gasteiger partial charge < -0.3 is 5.11 Å². The molecule has 3 nitrogen and oxygen atoms in total. The van der Waals surface area contributed by atoms with Crippen molar-refractivity contribution >= 4 is 23.1 Å². The molecule has 1 aliphatic rings. The van der Waals surface area contributed by atoms with Crippen molar-refractivity contribution in [3.63, 3.8) is 0 Å². The van der Waals surface area contributed by atoms with Crippen molar-refractivity contribution in [1.82, 2.24) is 4.90 Å². The van der Waals surface area contributed by atoms with Crippen LogP contribution in [0.3, 0.4) is 0 Å². The molecule has 1 heterocycles. The van der Waals surface area contributed by atoms with Gasteiger partial charge in [0.2, 0.25) is 0 Å². The molecule has 1 atom stereocenters. The number of rotatable bonds is 5. The molecule has 0 spiro atoms. The molecular weight excluding hydrogens is 420 g/mol. The van der Waals surface area contributed by atoms with Crippen LogP contribution in [0, 0.1) is 18.6 Å². The number of halogens is 3. The Kier molecular flexibility index (Phi) is 5.90. The van der Waals surface area contributed by atoms with Gasteiger partial charge in [-0.1, -0.05) is 54.1 Å². The minimum absolute atomic E-state index is 0.0323. The Hall–Kier alpha value is -3.02. The molecule has 1 N–H and O–H groups in total. The SMILES string of the molecule is Cc1c(F)cc(F)cc1C(C(=O)O)=C1CN(C(c2ccccc2)c2ccc(Cl)cc2)C1. The Labute approximate surface area is 184 Å². The zero-order valence-corrected chi connectivity index (χ0v) is 17.5. The normalized spacial score (nSPS) is 14.8. The van der Waals surface area contributed by atoms with Crippen molar-refractivity contribution in [3.05, 3.63) is 111 Å². The van der Waals surface area contributed by atoms with Crippen LogP contribution in [-0.2, 0) is 4.79 Å². The molecule has 4 rings (SSSR count). The second-order valence-corrected chi connectivity index (χ2v) is 8.05. The van der Waals surface area contributed by atoms with E-state index in [1.54, 1.807) is 0 Å². The Balaban J connectivity index is 1.72. The summed E-state index contributed by atoms with van der Waals surface area (Å²) in [6, 6.07) is 19.2. The van der Waals surface area contributed by atoms with Crippen molar-refractivity contribution in [2.24, 2.45) is 0 Å². The van der Waals surface area contributed by atoms with Crippen molar-refractivity contribution in [2.45, 2.75) is 13.0 Å². The lowest BCUT2D eigenvalue weighted by Crippen LogP contribution is -2.44. The summed E-state index contributed by atoms with van der Waals surface area (Å²) in [5, 5.41) is 10.5. The van der Waals surface area contributed by atoms with Gasteiger partial charge in [0.25, 0.3) is 0 Å². The molecule has 31 heavy (non-hydrogen) atoms. The molecule has 0 radical (unpaired) electrons. The third-order valence-corrected chi connectivity index (χ3v) is 5.85. The molecule has 3 aromatic rings. The van der Waals surface area contributed by atoms with Crippen LogP contribution < -0.4 is 0 Å². The molecule has 0 bridgehead atoms. The van der Waals surface area contributed by atoms with Gasteiger partial charge in [0.15, 0.2) is 0 Å². The Morgan fingerprint density at radius 1 is 1.00 bits per heavy atom. The van der Waals surface area contributed by atoms with E-state index in [-0.39, 0.29) is 22.7 Å². The van der Waals surface area contributed by atoms with Gasteiger partial charge in [-0.25, -0.2) is 13.6 Å². The van der Waals surface area contributed by atoms with Gasteiger partial charge in [0.05, 0.1) is 11.6 Å². The van der Waals surface area contributed by atoms with Crippen molar-refractivity contribution in [3.8, 4) is 0 Å². The van der Waals surface area contributed by atoms with Gasteiger partial charge in [0.1, 0.15) is 11.6 Å². The van der Waals surface area contributed by atoms with E-state index < -0.39 is 17.6 Å². The fourth-order valence-electron chi connectivity index (χ4n) is 4.04. The molecule has 0 aliphatic carbocycles. The summed E-state index contributed by atoms with van der Waals surface area (Å²) in [5.41, 5.74) is 2.91. The maximum Gasteiger partial charge on any atom is 0.336 e. The Morgan fingerprint density at radius 3 is 2.23 bits per heavy atom. The van der Waals surface area contributed by atoms with E-state index in [0.29, 0.717) is 23.7 Å². The molecule has 1 fully saturated rings. The number of aliphatic carboxylic acids is 1. The number of carbonyl (C=O) groups is 1. The number of hydrogen-bond acceptors (Lipinski definition) is 2. The molecule has 0 amide bonds. The van der Waals surface area contributed by atoms with Crippen LogP contribution in [-0.4, -0.2) is 29.1 Å². The summed E-state index contributed by atoms with van der Waals surface area (Å²) >= 11 is 6.05. The van der Waals surface area contributed by atoms with Crippen LogP contribution in [0.25, 0.3) is 5.57 Å². The van der Waals surface area contributed by atoms with Crippen LogP contribution in [0.2, 0.25) is 5.02 Å². The number of likely N-dealkylation sites (tertiary alicyclic amines) is 1. The minimum atomic E-state index is -1.19. The molecule has 6 heteroatoms. The van der Waals surface area contributed by atoms with Gasteiger partial charge >= 0.3 is 5.97 Å². The molecule has 1 aliphatic heterocycles. The fraction of sp³-hybridized carbons (Fsp3) is 0.160. The molecule has 3 aromatic carbocycles. The predicted octanol–water partition coefficient (Wildman–Crippen LogP) is 5.87. The average molecular weight is 440 g/mol. The van der Waals surface area contributed by atoms with Crippen LogP contribution in [0.1, 0.15) is 28.3 Å². The number of carboxylic acids is 1. The molecule has 0 saturated carbocycles. The van der Waals surface area contributed by atoms with Gasteiger partial charge in [0, 0.05) is 24.2 Å². The van der Waals surface area contributed by atoms with Crippen LogP contribution in [0.4, 0.5) is 8.78 Å². The second-order valence-electron chi connectivity index (χ2n) is 7.61. The monoisotopic (exact) mass is 439 g/mol.